The van der Waals surface area contributed by atoms with E-state index in [1.54, 1.807) is 0 Å². The average Bonchev–Trinajstić information content (AvgIpc) is 2.95. The first-order chi connectivity index (χ1) is 11.0. The molecule has 122 valence electrons. The molecule has 0 spiro atoms. The van der Waals surface area contributed by atoms with Crippen molar-refractivity contribution in [3.63, 3.8) is 0 Å². The summed E-state index contributed by atoms with van der Waals surface area (Å²) in [5.74, 6) is 0.701. The van der Waals surface area contributed by atoms with Gasteiger partial charge in [0.25, 0.3) is 5.69 Å². The average molecular weight is 400 g/mol. The number of halogens is 1. The van der Waals surface area contributed by atoms with Crippen LogP contribution in [0.25, 0.3) is 0 Å². The van der Waals surface area contributed by atoms with Gasteiger partial charge in [0.05, 0.1) is 16.4 Å². The standard InChI is InChI=1S/C13H14BrN5O3S/c1-2-3-11-16-13(18-17-11)23-7-12(20)15-10-5-4-8(19(21)22)6-9(10)14/h4-6H,2-3,7H2,1H3,(H,15,20)(H,16,17,18). The van der Waals surface area contributed by atoms with Crippen LogP contribution in [-0.4, -0.2) is 31.8 Å². The lowest BCUT2D eigenvalue weighted by molar-refractivity contribution is -0.384. The van der Waals surface area contributed by atoms with E-state index in [-0.39, 0.29) is 17.3 Å². The van der Waals surface area contributed by atoms with Gasteiger partial charge in [0, 0.05) is 23.0 Å². The van der Waals surface area contributed by atoms with E-state index in [1.165, 1.54) is 30.0 Å². The largest absolute Gasteiger partial charge is 0.324 e. The van der Waals surface area contributed by atoms with E-state index in [0.717, 1.165) is 18.7 Å². The summed E-state index contributed by atoms with van der Waals surface area (Å²) in [6, 6.07) is 4.16. The second-order valence-corrected chi connectivity index (χ2v) is 6.37. The number of aromatic amines is 1. The summed E-state index contributed by atoms with van der Waals surface area (Å²) in [4.78, 5) is 26.4. The Morgan fingerprint density at radius 3 is 2.96 bits per heavy atom. The van der Waals surface area contributed by atoms with Gasteiger partial charge in [0.2, 0.25) is 11.1 Å². The van der Waals surface area contributed by atoms with Gasteiger partial charge in [-0.25, -0.2) is 4.98 Å². The number of benzene rings is 1. The Morgan fingerprint density at radius 1 is 1.52 bits per heavy atom. The van der Waals surface area contributed by atoms with Crippen LogP contribution in [-0.2, 0) is 11.2 Å². The summed E-state index contributed by atoms with van der Waals surface area (Å²) in [6.45, 7) is 2.05. The highest BCUT2D eigenvalue weighted by atomic mass is 79.9. The van der Waals surface area contributed by atoms with Crippen LogP contribution in [0.2, 0.25) is 0 Å². The topological polar surface area (TPSA) is 114 Å². The Morgan fingerprint density at radius 2 is 2.30 bits per heavy atom. The second-order valence-electron chi connectivity index (χ2n) is 4.57. The Balaban J connectivity index is 1.90. The molecule has 1 amide bonds. The van der Waals surface area contributed by atoms with E-state index in [1.807, 2.05) is 6.92 Å². The minimum absolute atomic E-state index is 0.0478. The maximum atomic E-state index is 11.9. The number of aryl methyl sites for hydroxylation is 1. The number of thioether (sulfide) groups is 1. The third-order valence-corrected chi connectivity index (χ3v) is 4.27. The molecule has 0 aliphatic heterocycles. The number of nitrogens with zero attached hydrogens (tertiary/aromatic N) is 3. The maximum Gasteiger partial charge on any atom is 0.270 e. The van der Waals surface area contributed by atoms with E-state index in [0.29, 0.717) is 15.3 Å². The Bertz CT molecular complexity index is 721. The smallest absolute Gasteiger partial charge is 0.270 e. The van der Waals surface area contributed by atoms with Crippen molar-refractivity contribution < 1.29 is 9.72 Å². The molecule has 0 saturated heterocycles. The number of nitrogens with one attached hydrogen (secondary N) is 2. The van der Waals surface area contributed by atoms with Gasteiger partial charge in [0.1, 0.15) is 5.82 Å². The number of hydrogen-bond donors (Lipinski definition) is 2. The van der Waals surface area contributed by atoms with Crippen LogP contribution >= 0.6 is 27.7 Å². The van der Waals surface area contributed by atoms with Gasteiger partial charge in [-0.1, -0.05) is 18.7 Å². The van der Waals surface area contributed by atoms with Crippen LogP contribution in [0.4, 0.5) is 11.4 Å². The minimum atomic E-state index is -0.497. The molecule has 2 rings (SSSR count). The third-order valence-electron chi connectivity index (χ3n) is 2.77. The third kappa shape index (κ3) is 5.03. The number of nitro benzene ring substituents is 1. The fourth-order valence-corrected chi connectivity index (χ4v) is 2.81. The number of carbonyl (C=O) groups excluding carboxylic acids is 1. The van der Waals surface area contributed by atoms with Crippen LogP contribution in [0.5, 0.6) is 0 Å². The van der Waals surface area contributed by atoms with Crippen molar-refractivity contribution in [3.05, 3.63) is 38.6 Å². The Labute approximate surface area is 144 Å². The number of rotatable bonds is 7. The number of nitro groups is 1. The predicted molar refractivity (Wildman–Crippen MR) is 90.5 cm³/mol. The first-order valence-electron chi connectivity index (χ1n) is 6.77. The SMILES string of the molecule is CCCc1nc(SCC(=O)Nc2ccc([N+](=O)[O-])cc2Br)n[nH]1. The lowest BCUT2D eigenvalue weighted by Crippen LogP contribution is -2.14. The zero-order valence-corrected chi connectivity index (χ0v) is 14.6. The summed E-state index contributed by atoms with van der Waals surface area (Å²) in [5, 5.41) is 20.7. The highest BCUT2D eigenvalue weighted by Gasteiger charge is 2.12. The zero-order valence-electron chi connectivity index (χ0n) is 12.2. The van der Waals surface area contributed by atoms with E-state index in [4.69, 9.17) is 0 Å². The quantitative estimate of drug-likeness (QED) is 0.419. The fourth-order valence-electron chi connectivity index (χ4n) is 1.73. The normalized spacial score (nSPS) is 10.5. The molecule has 10 heteroatoms. The summed E-state index contributed by atoms with van der Waals surface area (Å²) in [6.07, 6.45) is 1.78. The first-order valence-corrected chi connectivity index (χ1v) is 8.55. The molecule has 0 unspecified atom stereocenters. The molecule has 1 heterocycles. The number of hydrogen-bond acceptors (Lipinski definition) is 6. The van der Waals surface area contributed by atoms with Crippen molar-refractivity contribution in [1.82, 2.24) is 15.2 Å². The summed E-state index contributed by atoms with van der Waals surface area (Å²) in [7, 11) is 0. The van der Waals surface area contributed by atoms with Gasteiger partial charge in [-0.3, -0.25) is 20.0 Å². The molecule has 1 aromatic heterocycles. The van der Waals surface area contributed by atoms with Crippen LogP contribution in [0.15, 0.2) is 27.8 Å². The molecule has 0 radical (unpaired) electrons. The maximum absolute atomic E-state index is 11.9. The number of H-pyrrole nitrogens is 1. The van der Waals surface area contributed by atoms with Crippen molar-refractivity contribution in [1.29, 1.82) is 0 Å². The second kappa shape index (κ2) is 8.06. The molecule has 0 aliphatic carbocycles. The number of aromatic nitrogens is 3. The molecule has 0 atom stereocenters. The van der Waals surface area contributed by atoms with Crippen LogP contribution in [0, 0.1) is 10.1 Å². The van der Waals surface area contributed by atoms with Gasteiger partial charge in [-0.15, -0.1) is 5.10 Å². The molecule has 0 fully saturated rings. The molecule has 2 aromatic rings. The van der Waals surface area contributed by atoms with Crippen molar-refractivity contribution in [2.45, 2.75) is 24.9 Å². The van der Waals surface area contributed by atoms with Crippen molar-refractivity contribution >= 4 is 45.0 Å². The highest BCUT2D eigenvalue weighted by molar-refractivity contribution is 9.10. The van der Waals surface area contributed by atoms with Crippen LogP contribution in [0.1, 0.15) is 19.2 Å². The monoisotopic (exact) mass is 399 g/mol. The molecule has 0 bridgehead atoms. The molecule has 0 aliphatic rings. The zero-order chi connectivity index (χ0) is 16.8. The number of anilines is 1. The van der Waals surface area contributed by atoms with Gasteiger partial charge in [-0.2, -0.15) is 0 Å². The number of non-ortho nitro benzene ring substituents is 1. The lowest BCUT2D eigenvalue weighted by atomic mass is 10.3. The van der Waals surface area contributed by atoms with Gasteiger partial charge in [-0.05, 0) is 28.4 Å². The number of amides is 1. The van der Waals surface area contributed by atoms with Gasteiger partial charge < -0.3 is 5.32 Å². The highest BCUT2D eigenvalue weighted by Crippen LogP contribution is 2.27. The molecule has 1 aromatic carbocycles. The molecular formula is C13H14BrN5O3S. The van der Waals surface area contributed by atoms with Crippen molar-refractivity contribution in [2.75, 3.05) is 11.1 Å². The minimum Gasteiger partial charge on any atom is -0.324 e. The Hall–Kier alpha value is -1.94. The molecular weight excluding hydrogens is 386 g/mol. The van der Waals surface area contributed by atoms with E-state index in [2.05, 4.69) is 36.4 Å². The van der Waals surface area contributed by atoms with Crippen LogP contribution < -0.4 is 5.32 Å². The number of carbonyl (C=O) groups is 1. The van der Waals surface area contributed by atoms with Gasteiger partial charge in [0.15, 0.2) is 0 Å². The molecule has 0 saturated carbocycles. The van der Waals surface area contributed by atoms with Crippen LogP contribution in [0.3, 0.4) is 0 Å². The molecule has 23 heavy (non-hydrogen) atoms. The first kappa shape index (κ1) is 17.4. The van der Waals surface area contributed by atoms with Crippen molar-refractivity contribution in [2.24, 2.45) is 0 Å². The lowest BCUT2D eigenvalue weighted by Gasteiger charge is -2.06. The van der Waals surface area contributed by atoms with E-state index in [9.17, 15) is 14.9 Å². The molecule has 8 nitrogen and oxygen atoms in total. The molecule has 2 N–H and O–H groups in total. The van der Waals surface area contributed by atoms with Gasteiger partial charge >= 0.3 is 0 Å². The predicted octanol–water partition coefficient (Wildman–Crippen LogP) is 3.16. The van der Waals surface area contributed by atoms with E-state index >= 15 is 0 Å². The Kier molecular flexibility index (Phi) is 6.11. The summed E-state index contributed by atoms with van der Waals surface area (Å²) in [5.41, 5.74) is 0.427. The summed E-state index contributed by atoms with van der Waals surface area (Å²) >= 11 is 4.42. The summed E-state index contributed by atoms with van der Waals surface area (Å²) < 4.78 is 0.452. The van der Waals surface area contributed by atoms with E-state index < -0.39 is 4.92 Å². The van der Waals surface area contributed by atoms with Crippen molar-refractivity contribution in [3.8, 4) is 0 Å². The fraction of sp³-hybridized carbons (Fsp3) is 0.308.